The minimum absolute atomic E-state index is 0.391. The van der Waals surface area contributed by atoms with Crippen molar-refractivity contribution in [2.24, 2.45) is 0 Å². The van der Waals surface area contributed by atoms with Crippen LogP contribution in [0, 0.1) is 0 Å². The summed E-state index contributed by atoms with van der Waals surface area (Å²) in [6.07, 6.45) is 1.67. The predicted octanol–water partition coefficient (Wildman–Crippen LogP) is 1.75. The third-order valence-electron chi connectivity index (χ3n) is 2.24. The van der Waals surface area contributed by atoms with E-state index < -0.39 is 5.97 Å². The fourth-order valence-corrected chi connectivity index (χ4v) is 1.53. The van der Waals surface area contributed by atoms with Gasteiger partial charge in [0.2, 0.25) is 0 Å². The van der Waals surface area contributed by atoms with Gasteiger partial charge in [-0.25, -0.2) is 4.79 Å². The number of benzene rings is 1. The molecule has 0 saturated heterocycles. The van der Waals surface area contributed by atoms with E-state index in [4.69, 9.17) is 4.74 Å². The van der Waals surface area contributed by atoms with Crippen LogP contribution in [0.4, 0.5) is 0 Å². The minimum Gasteiger partial charge on any atom is -0.493 e. The molecule has 1 aromatic heterocycles. The number of aromatic nitrogens is 2. The van der Waals surface area contributed by atoms with Gasteiger partial charge in [-0.05, 0) is 19.1 Å². The second kappa shape index (κ2) is 4.22. The van der Waals surface area contributed by atoms with Crippen LogP contribution in [0.25, 0.3) is 10.9 Å². The standard InChI is InChI=1S/C11H12N2O3/c1-3-16-10-5-7(11(14)15-2)4-9-8(10)6-12-13-9/h4-6H,3H2,1-2H3,(H,12,13). The number of esters is 1. The van der Waals surface area contributed by atoms with Crippen molar-refractivity contribution < 1.29 is 14.3 Å². The molecule has 0 aliphatic heterocycles. The average Bonchev–Trinajstić information content (AvgIpc) is 2.76. The number of nitrogens with one attached hydrogen (secondary N) is 1. The number of hydrogen-bond acceptors (Lipinski definition) is 4. The van der Waals surface area contributed by atoms with E-state index in [9.17, 15) is 4.79 Å². The average molecular weight is 220 g/mol. The fourth-order valence-electron chi connectivity index (χ4n) is 1.53. The first-order valence-corrected chi connectivity index (χ1v) is 4.94. The van der Waals surface area contributed by atoms with Crippen LogP contribution in [-0.4, -0.2) is 29.9 Å². The summed E-state index contributed by atoms with van der Waals surface area (Å²) in [4.78, 5) is 11.4. The summed E-state index contributed by atoms with van der Waals surface area (Å²) in [6, 6.07) is 3.35. The molecular formula is C11H12N2O3. The third kappa shape index (κ3) is 1.71. The van der Waals surface area contributed by atoms with Crippen molar-refractivity contribution in [1.82, 2.24) is 10.2 Å². The maximum atomic E-state index is 11.4. The van der Waals surface area contributed by atoms with E-state index in [1.54, 1.807) is 18.3 Å². The molecule has 0 fully saturated rings. The number of hydrogen-bond donors (Lipinski definition) is 1. The quantitative estimate of drug-likeness (QED) is 0.800. The second-order valence-corrected chi connectivity index (χ2v) is 3.23. The topological polar surface area (TPSA) is 64.2 Å². The summed E-state index contributed by atoms with van der Waals surface area (Å²) in [7, 11) is 1.35. The van der Waals surface area contributed by atoms with E-state index in [0.717, 1.165) is 10.9 Å². The number of ether oxygens (including phenoxy) is 2. The normalized spacial score (nSPS) is 10.4. The minimum atomic E-state index is -0.391. The van der Waals surface area contributed by atoms with Gasteiger partial charge in [0.05, 0.1) is 36.4 Å². The summed E-state index contributed by atoms with van der Waals surface area (Å²) >= 11 is 0. The van der Waals surface area contributed by atoms with Crippen LogP contribution >= 0.6 is 0 Å². The van der Waals surface area contributed by atoms with Gasteiger partial charge in [-0.15, -0.1) is 0 Å². The lowest BCUT2D eigenvalue weighted by atomic mass is 10.1. The Morgan fingerprint density at radius 1 is 1.50 bits per heavy atom. The summed E-state index contributed by atoms with van der Waals surface area (Å²) in [5.74, 6) is 0.242. The number of methoxy groups -OCH3 is 1. The molecule has 84 valence electrons. The van der Waals surface area contributed by atoms with E-state index in [1.807, 2.05) is 6.92 Å². The Morgan fingerprint density at radius 3 is 3.00 bits per heavy atom. The maximum Gasteiger partial charge on any atom is 0.338 e. The highest BCUT2D eigenvalue weighted by atomic mass is 16.5. The fraction of sp³-hybridized carbons (Fsp3) is 0.273. The van der Waals surface area contributed by atoms with Crippen molar-refractivity contribution in [3.05, 3.63) is 23.9 Å². The molecule has 2 aromatic rings. The summed E-state index contributed by atoms with van der Waals surface area (Å²) < 4.78 is 10.1. The Labute approximate surface area is 92.4 Å². The summed E-state index contributed by atoms with van der Waals surface area (Å²) in [5, 5.41) is 7.57. The molecule has 1 aromatic carbocycles. The zero-order valence-corrected chi connectivity index (χ0v) is 9.11. The zero-order valence-electron chi connectivity index (χ0n) is 9.11. The van der Waals surface area contributed by atoms with Crippen molar-refractivity contribution in [2.75, 3.05) is 13.7 Å². The van der Waals surface area contributed by atoms with Gasteiger partial charge in [0.15, 0.2) is 0 Å². The Morgan fingerprint density at radius 2 is 2.31 bits per heavy atom. The molecule has 0 bridgehead atoms. The van der Waals surface area contributed by atoms with Crippen molar-refractivity contribution in [1.29, 1.82) is 0 Å². The lowest BCUT2D eigenvalue weighted by molar-refractivity contribution is 0.0600. The van der Waals surface area contributed by atoms with Gasteiger partial charge >= 0.3 is 5.97 Å². The van der Waals surface area contributed by atoms with Gasteiger partial charge in [-0.2, -0.15) is 5.10 Å². The number of carbonyl (C=O) groups excluding carboxylic acids is 1. The molecule has 16 heavy (non-hydrogen) atoms. The predicted molar refractivity (Wildman–Crippen MR) is 58.6 cm³/mol. The van der Waals surface area contributed by atoms with Crippen LogP contribution in [0.1, 0.15) is 17.3 Å². The van der Waals surface area contributed by atoms with Crippen molar-refractivity contribution in [3.8, 4) is 5.75 Å². The van der Waals surface area contributed by atoms with Crippen LogP contribution < -0.4 is 4.74 Å². The Balaban J connectivity index is 2.56. The molecule has 0 amide bonds. The molecule has 0 aliphatic rings. The molecule has 2 rings (SSSR count). The number of aromatic amines is 1. The van der Waals surface area contributed by atoms with E-state index in [0.29, 0.717) is 17.9 Å². The number of carbonyl (C=O) groups is 1. The zero-order chi connectivity index (χ0) is 11.5. The molecule has 0 spiro atoms. The smallest absolute Gasteiger partial charge is 0.338 e. The highest BCUT2D eigenvalue weighted by Crippen LogP contribution is 2.26. The van der Waals surface area contributed by atoms with E-state index >= 15 is 0 Å². The van der Waals surface area contributed by atoms with Crippen molar-refractivity contribution >= 4 is 16.9 Å². The Kier molecular flexibility index (Phi) is 2.76. The van der Waals surface area contributed by atoms with Crippen LogP contribution in [0.5, 0.6) is 5.75 Å². The Hall–Kier alpha value is -2.04. The molecule has 1 N–H and O–H groups in total. The molecule has 0 atom stereocenters. The van der Waals surface area contributed by atoms with Crippen LogP contribution in [0.15, 0.2) is 18.3 Å². The highest BCUT2D eigenvalue weighted by Gasteiger charge is 2.12. The van der Waals surface area contributed by atoms with E-state index in [-0.39, 0.29) is 0 Å². The second-order valence-electron chi connectivity index (χ2n) is 3.23. The van der Waals surface area contributed by atoms with Crippen LogP contribution in [0.2, 0.25) is 0 Å². The first-order chi connectivity index (χ1) is 7.76. The molecule has 0 saturated carbocycles. The van der Waals surface area contributed by atoms with Gasteiger partial charge in [0, 0.05) is 0 Å². The summed E-state index contributed by atoms with van der Waals surface area (Å²) in [6.45, 7) is 2.42. The molecule has 0 aliphatic carbocycles. The van der Waals surface area contributed by atoms with Crippen molar-refractivity contribution in [2.45, 2.75) is 6.92 Å². The number of rotatable bonds is 3. The van der Waals surface area contributed by atoms with Crippen molar-refractivity contribution in [3.63, 3.8) is 0 Å². The van der Waals surface area contributed by atoms with Gasteiger partial charge in [-0.1, -0.05) is 0 Å². The van der Waals surface area contributed by atoms with Gasteiger partial charge in [0.25, 0.3) is 0 Å². The number of fused-ring (bicyclic) bond motifs is 1. The van der Waals surface area contributed by atoms with E-state index in [2.05, 4.69) is 14.9 Å². The molecule has 0 unspecified atom stereocenters. The molecular weight excluding hydrogens is 208 g/mol. The van der Waals surface area contributed by atoms with Gasteiger partial charge in [0.1, 0.15) is 5.75 Å². The highest BCUT2D eigenvalue weighted by molar-refractivity contribution is 5.96. The molecule has 5 nitrogen and oxygen atoms in total. The molecule has 0 radical (unpaired) electrons. The number of nitrogens with zero attached hydrogens (tertiary/aromatic N) is 1. The Bertz CT molecular complexity index is 519. The first-order valence-electron chi connectivity index (χ1n) is 4.94. The van der Waals surface area contributed by atoms with Crippen LogP contribution in [-0.2, 0) is 4.74 Å². The number of H-pyrrole nitrogens is 1. The van der Waals surface area contributed by atoms with E-state index in [1.165, 1.54) is 7.11 Å². The third-order valence-corrected chi connectivity index (χ3v) is 2.24. The SMILES string of the molecule is CCOc1cc(C(=O)OC)cc2[nH]ncc12. The lowest BCUT2D eigenvalue weighted by Crippen LogP contribution is -2.02. The lowest BCUT2D eigenvalue weighted by Gasteiger charge is -2.06. The van der Waals surface area contributed by atoms with Crippen LogP contribution in [0.3, 0.4) is 0 Å². The monoisotopic (exact) mass is 220 g/mol. The summed E-state index contributed by atoms with van der Waals surface area (Å²) in [5.41, 5.74) is 1.20. The largest absolute Gasteiger partial charge is 0.493 e. The van der Waals surface area contributed by atoms with Gasteiger partial charge < -0.3 is 9.47 Å². The maximum absolute atomic E-state index is 11.4. The molecule has 5 heteroatoms. The first kappa shape index (κ1) is 10.5. The molecule has 1 heterocycles. The van der Waals surface area contributed by atoms with Gasteiger partial charge in [-0.3, -0.25) is 5.10 Å².